The summed E-state index contributed by atoms with van der Waals surface area (Å²) in [6.07, 6.45) is 3.97. The number of para-hydroxylation sites is 2. The van der Waals surface area contributed by atoms with E-state index in [9.17, 15) is 4.79 Å². The zero-order valence-corrected chi connectivity index (χ0v) is 14.4. The van der Waals surface area contributed by atoms with E-state index in [0.29, 0.717) is 11.6 Å². The molecule has 124 valence electrons. The largest absolute Gasteiger partial charge is 0.404 e. The lowest BCUT2D eigenvalue weighted by Gasteiger charge is -2.18. The Bertz CT molecular complexity index is 625. The molecule has 0 bridgehead atoms. The number of nitrogens with one attached hydrogen (secondary N) is 2. The van der Waals surface area contributed by atoms with Gasteiger partial charge in [-0.3, -0.25) is 4.79 Å². The first kappa shape index (κ1) is 18.6. The van der Waals surface area contributed by atoms with Crippen molar-refractivity contribution in [2.75, 3.05) is 10.6 Å². The Kier molecular flexibility index (Phi) is 7.13. The van der Waals surface area contributed by atoms with E-state index in [1.807, 2.05) is 38.1 Å². The Balaban J connectivity index is 3.06. The van der Waals surface area contributed by atoms with Gasteiger partial charge >= 0.3 is 0 Å². The van der Waals surface area contributed by atoms with Crippen LogP contribution in [0.2, 0.25) is 0 Å². The molecule has 4 N–H and O–H groups in total. The smallest absolute Gasteiger partial charge is 0.257 e. The summed E-state index contributed by atoms with van der Waals surface area (Å²) in [6.45, 7) is 11.8. The standard InChI is InChI=1S/C19H27N3O/c1-6-14(5)21-17-10-8-9-11-18(17)22-19(23)16(12-20)15(7-2)13(3)4/h7-12,14,21H,2,6,20H2,1,3-5H3,(H,22,23)/b16-12+. The van der Waals surface area contributed by atoms with Gasteiger partial charge in [0.2, 0.25) is 0 Å². The number of carbonyl (C=O) groups is 1. The van der Waals surface area contributed by atoms with Crippen LogP contribution in [-0.2, 0) is 4.79 Å². The van der Waals surface area contributed by atoms with Crippen molar-refractivity contribution in [3.63, 3.8) is 0 Å². The molecule has 1 aromatic carbocycles. The van der Waals surface area contributed by atoms with Crippen molar-refractivity contribution in [1.29, 1.82) is 0 Å². The molecule has 0 aliphatic heterocycles. The number of rotatable bonds is 7. The molecule has 0 saturated carbocycles. The lowest BCUT2D eigenvalue weighted by Crippen LogP contribution is -2.20. The Morgan fingerprint density at radius 3 is 2.39 bits per heavy atom. The first-order chi connectivity index (χ1) is 10.9. The van der Waals surface area contributed by atoms with Crippen molar-refractivity contribution >= 4 is 17.3 Å². The van der Waals surface area contributed by atoms with Gasteiger partial charge in [0, 0.05) is 12.2 Å². The monoisotopic (exact) mass is 313 g/mol. The highest BCUT2D eigenvalue weighted by atomic mass is 16.1. The summed E-state index contributed by atoms with van der Waals surface area (Å²) < 4.78 is 0. The van der Waals surface area contributed by atoms with Crippen molar-refractivity contribution in [1.82, 2.24) is 0 Å². The molecule has 0 fully saturated rings. The molecule has 4 nitrogen and oxygen atoms in total. The fourth-order valence-corrected chi connectivity index (χ4v) is 2.15. The second-order valence-corrected chi connectivity index (χ2v) is 5.65. The predicted molar refractivity (Wildman–Crippen MR) is 99.3 cm³/mol. The molecule has 1 unspecified atom stereocenters. The molecule has 0 saturated heterocycles. The van der Waals surface area contributed by atoms with Gasteiger partial charge in [0.25, 0.3) is 5.91 Å². The van der Waals surface area contributed by atoms with Crippen molar-refractivity contribution < 1.29 is 4.79 Å². The van der Waals surface area contributed by atoms with Gasteiger partial charge in [0.05, 0.1) is 16.9 Å². The molecule has 1 atom stereocenters. The maximum Gasteiger partial charge on any atom is 0.257 e. The molecule has 4 heteroatoms. The van der Waals surface area contributed by atoms with Crippen LogP contribution >= 0.6 is 0 Å². The van der Waals surface area contributed by atoms with Crippen molar-refractivity contribution in [2.45, 2.75) is 40.2 Å². The molecule has 0 radical (unpaired) electrons. The number of hydrogen-bond acceptors (Lipinski definition) is 3. The fourth-order valence-electron chi connectivity index (χ4n) is 2.15. The van der Waals surface area contributed by atoms with Crippen LogP contribution in [0.25, 0.3) is 0 Å². The lowest BCUT2D eigenvalue weighted by molar-refractivity contribution is -0.112. The summed E-state index contributed by atoms with van der Waals surface area (Å²) >= 11 is 0. The second kappa shape index (κ2) is 8.83. The third kappa shape index (κ3) is 5.02. The van der Waals surface area contributed by atoms with Crippen molar-refractivity contribution in [3.8, 4) is 0 Å². The zero-order valence-electron chi connectivity index (χ0n) is 14.4. The maximum atomic E-state index is 12.6. The number of hydrogen-bond donors (Lipinski definition) is 3. The summed E-state index contributed by atoms with van der Waals surface area (Å²) in [5, 5.41) is 6.32. The molecular formula is C19H27N3O. The van der Waals surface area contributed by atoms with Gasteiger partial charge in [-0.05, 0) is 44.9 Å². The van der Waals surface area contributed by atoms with Gasteiger partial charge < -0.3 is 16.4 Å². The highest BCUT2D eigenvalue weighted by molar-refractivity contribution is 6.08. The molecule has 0 aliphatic rings. The van der Waals surface area contributed by atoms with E-state index >= 15 is 0 Å². The van der Waals surface area contributed by atoms with E-state index in [0.717, 1.165) is 28.9 Å². The summed E-state index contributed by atoms with van der Waals surface area (Å²) in [4.78, 5) is 12.6. The van der Waals surface area contributed by atoms with Gasteiger partial charge in [-0.2, -0.15) is 0 Å². The number of benzene rings is 1. The SMILES string of the molecule is C=CC(=C(C)C)/C(=C\N)C(=O)Nc1ccccc1NC(C)CC. The number of carbonyl (C=O) groups excluding carboxylic acids is 1. The quantitative estimate of drug-likeness (QED) is 0.522. The van der Waals surface area contributed by atoms with Gasteiger partial charge in [0.1, 0.15) is 0 Å². The van der Waals surface area contributed by atoms with E-state index in [4.69, 9.17) is 5.73 Å². The van der Waals surface area contributed by atoms with E-state index < -0.39 is 0 Å². The van der Waals surface area contributed by atoms with E-state index in [2.05, 4.69) is 31.1 Å². The summed E-state index contributed by atoms with van der Waals surface area (Å²) in [7, 11) is 0. The van der Waals surface area contributed by atoms with Crippen LogP contribution in [0.15, 0.2) is 59.8 Å². The molecular weight excluding hydrogens is 286 g/mol. The van der Waals surface area contributed by atoms with Gasteiger partial charge in [-0.1, -0.05) is 37.3 Å². The van der Waals surface area contributed by atoms with Crippen LogP contribution in [0.5, 0.6) is 0 Å². The Labute approximate surface area is 139 Å². The van der Waals surface area contributed by atoms with E-state index in [-0.39, 0.29) is 5.91 Å². The summed E-state index contributed by atoms with van der Waals surface area (Å²) in [5.74, 6) is -0.248. The van der Waals surface area contributed by atoms with Crippen LogP contribution in [0.4, 0.5) is 11.4 Å². The Morgan fingerprint density at radius 2 is 1.91 bits per heavy atom. The van der Waals surface area contributed by atoms with E-state index in [1.165, 1.54) is 6.20 Å². The van der Waals surface area contributed by atoms with Crippen molar-refractivity contribution in [2.24, 2.45) is 5.73 Å². The molecule has 0 spiro atoms. The van der Waals surface area contributed by atoms with Crippen LogP contribution in [0.3, 0.4) is 0 Å². The van der Waals surface area contributed by atoms with Crippen LogP contribution < -0.4 is 16.4 Å². The molecule has 23 heavy (non-hydrogen) atoms. The molecule has 1 amide bonds. The Hall–Kier alpha value is -2.49. The highest BCUT2D eigenvalue weighted by Crippen LogP contribution is 2.24. The minimum Gasteiger partial charge on any atom is -0.404 e. The second-order valence-electron chi connectivity index (χ2n) is 5.65. The van der Waals surface area contributed by atoms with E-state index in [1.54, 1.807) is 6.08 Å². The summed E-state index contributed by atoms with van der Waals surface area (Å²) in [5.41, 5.74) is 9.43. The fraction of sp³-hybridized carbons (Fsp3) is 0.316. The number of allylic oxidation sites excluding steroid dienone is 2. The minimum atomic E-state index is -0.248. The lowest BCUT2D eigenvalue weighted by atomic mass is 10.0. The first-order valence-corrected chi connectivity index (χ1v) is 7.83. The first-order valence-electron chi connectivity index (χ1n) is 7.83. The number of nitrogens with two attached hydrogens (primary N) is 1. The zero-order chi connectivity index (χ0) is 17.4. The Morgan fingerprint density at radius 1 is 1.30 bits per heavy atom. The summed E-state index contributed by atoms with van der Waals surface area (Å²) in [6, 6.07) is 7.96. The molecule has 0 aromatic heterocycles. The topological polar surface area (TPSA) is 67.2 Å². The van der Waals surface area contributed by atoms with Crippen LogP contribution in [0, 0.1) is 0 Å². The number of anilines is 2. The molecule has 1 aromatic rings. The molecule has 0 aliphatic carbocycles. The maximum absolute atomic E-state index is 12.6. The third-order valence-electron chi connectivity index (χ3n) is 3.63. The van der Waals surface area contributed by atoms with Gasteiger partial charge in [-0.25, -0.2) is 0 Å². The molecule has 0 heterocycles. The number of amides is 1. The molecule has 1 rings (SSSR count). The highest BCUT2D eigenvalue weighted by Gasteiger charge is 2.15. The average molecular weight is 313 g/mol. The minimum absolute atomic E-state index is 0.248. The predicted octanol–water partition coefficient (Wildman–Crippen LogP) is 4.20. The van der Waals surface area contributed by atoms with Crippen LogP contribution in [0.1, 0.15) is 34.1 Å². The third-order valence-corrected chi connectivity index (χ3v) is 3.63. The van der Waals surface area contributed by atoms with Crippen molar-refractivity contribution in [3.05, 3.63) is 59.8 Å². The average Bonchev–Trinajstić information content (AvgIpc) is 2.53. The van der Waals surface area contributed by atoms with Crippen LogP contribution in [-0.4, -0.2) is 11.9 Å². The van der Waals surface area contributed by atoms with Gasteiger partial charge in [0.15, 0.2) is 0 Å². The normalized spacial score (nSPS) is 12.3. The van der Waals surface area contributed by atoms with Gasteiger partial charge in [-0.15, -0.1) is 0 Å².